The third kappa shape index (κ3) is 4.79. The molecule has 1 aliphatic heterocycles. The van der Waals surface area contributed by atoms with E-state index in [4.69, 9.17) is 5.10 Å². The number of aromatic nitrogens is 2. The molecule has 178 valence electrons. The maximum atomic E-state index is 12.9. The fourth-order valence-corrected chi connectivity index (χ4v) is 6.59. The van der Waals surface area contributed by atoms with Crippen molar-refractivity contribution in [3.63, 3.8) is 0 Å². The van der Waals surface area contributed by atoms with Gasteiger partial charge >= 0.3 is 0 Å². The summed E-state index contributed by atoms with van der Waals surface area (Å²) in [5, 5.41) is 7.89. The van der Waals surface area contributed by atoms with Gasteiger partial charge in [0.25, 0.3) is 0 Å². The Morgan fingerprint density at radius 2 is 1.65 bits per heavy atom. The van der Waals surface area contributed by atoms with Gasteiger partial charge in [0.2, 0.25) is 15.9 Å². The Bertz CT molecular complexity index is 1250. The second-order valence-corrected chi connectivity index (χ2v) is 11.1. The van der Waals surface area contributed by atoms with E-state index in [-0.39, 0.29) is 17.6 Å². The van der Waals surface area contributed by atoms with Crippen molar-refractivity contribution in [2.24, 2.45) is 5.92 Å². The van der Waals surface area contributed by atoms with E-state index in [0.717, 1.165) is 36.2 Å². The summed E-state index contributed by atoms with van der Waals surface area (Å²) in [5.74, 6) is -0.187. The lowest BCUT2D eigenvalue weighted by Crippen LogP contribution is -2.43. The lowest BCUT2D eigenvalue weighted by atomic mass is 9.97. The van der Waals surface area contributed by atoms with E-state index >= 15 is 0 Å². The fourth-order valence-electron chi connectivity index (χ4n) is 5.03. The Balaban J connectivity index is 1.18. The first-order valence-electron chi connectivity index (χ1n) is 12.0. The lowest BCUT2D eigenvalue weighted by molar-refractivity contribution is -0.126. The third-order valence-corrected chi connectivity index (χ3v) is 8.70. The largest absolute Gasteiger partial charge is 0.350 e. The van der Waals surface area contributed by atoms with Crippen LogP contribution in [0.3, 0.4) is 0 Å². The predicted molar refractivity (Wildman–Crippen MR) is 131 cm³/mol. The van der Waals surface area contributed by atoms with Gasteiger partial charge in [0.1, 0.15) is 0 Å². The van der Waals surface area contributed by atoms with Gasteiger partial charge in [-0.05, 0) is 55.4 Å². The van der Waals surface area contributed by atoms with Gasteiger partial charge in [0, 0.05) is 24.7 Å². The van der Waals surface area contributed by atoms with E-state index < -0.39 is 10.0 Å². The summed E-state index contributed by atoms with van der Waals surface area (Å²) in [6.07, 6.45) is 4.18. The molecule has 2 aliphatic rings. The van der Waals surface area contributed by atoms with Crippen molar-refractivity contribution in [1.82, 2.24) is 19.4 Å². The molecule has 0 radical (unpaired) electrons. The highest BCUT2D eigenvalue weighted by Gasteiger charge is 2.31. The molecule has 1 fully saturated rings. The van der Waals surface area contributed by atoms with Crippen LogP contribution in [-0.2, 0) is 40.0 Å². The van der Waals surface area contributed by atoms with Crippen molar-refractivity contribution in [3.05, 3.63) is 83.2 Å². The average Bonchev–Trinajstić information content (AvgIpc) is 3.47. The number of hydrogen-bond acceptors (Lipinski definition) is 4. The van der Waals surface area contributed by atoms with Crippen LogP contribution in [0.15, 0.2) is 60.7 Å². The number of sulfonamides is 1. The minimum atomic E-state index is -3.38. The molecule has 2 heterocycles. The fraction of sp³-hybridized carbons (Fsp3) is 0.385. The molecule has 7 nitrogen and oxygen atoms in total. The van der Waals surface area contributed by atoms with Crippen LogP contribution in [-0.4, -0.2) is 41.5 Å². The number of nitrogens with one attached hydrogen (secondary N) is 1. The Morgan fingerprint density at radius 1 is 0.971 bits per heavy atom. The number of amides is 1. The molecule has 0 spiro atoms. The summed E-state index contributed by atoms with van der Waals surface area (Å²) in [4.78, 5) is 12.9. The first-order chi connectivity index (χ1) is 16.5. The van der Waals surface area contributed by atoms with E-state index in [9.17, 15) is 13.2 Å². The van der Waals surface area contributed by atoms with Crippen LogP contribution < -0.4 is 5.32 Å². The standard InChI is InChI=1S/C26H30N4O3S/c31-26(21-14-16-29(17-15-21)34(32,33)19-20-8-3-1-4-9-20)27-18-24-23-12-7-13-25(23)30(28-24)22-10-5-2-6-11-22/h1-6,8-11,21H,7,12-19H2,(H,27,31). The normalized spacial score (nSPS) is 16.9. The number of carbonyl (C=O) groups is 1. The van der Waals surface area contributed by atoms with Gasteiger partial charge in [-0.1, -0.05) is 48.5 Å². The molecule has 0 atom stereocenters. The number of benzene rings is 2. The Kier molecular flexibility index (Phi) is 6.52. The maximum Gasteiger partial charge on any atom is 0.223 e. The molecule has 34 heavy (non-hydrogen) atoms. The topological polar surface area (TPSA) is 84.3 Å². The summed E-state index contributed by atoms with van der Waals surface area (Å²) < 4.78 is 29.1. The lowest BCUT2D eigenvalue weighted by Gasteiger charge is -2.30. The molecule has 0 bridgehead atoms. The summed E-state index contributed by atoms with van der Waals surface area (Å²) >= 11 is 0. The smallest absolute Gasteiger partial charge is 0.223 e. The van der Waals surface area contributed by atoms with Crippen molar-refractivity contribution in [3.8, 4) is 5.69 Å². The van der Waals surface area contributed by atoms with Crippen LogP contribution >= 0.6 is 0 Å². The highest BCUT2D eigenvalue weighted by Crippen LogP contribution is 2.28. The number of fused-ring (bicyclic) bond motifs is 1. The van der Waals surface area contributed by atoms with Crippen LogP contribution in [0.2, 0.25) is 0 Å². The van der Waals surface area contributed by atoms with Crippen LogP contribution in [0.5, 0.6) is 0 Å². The number of para-hydroxylation sites is 1. The second kappa shape index (κ2) is 9.72. The van der Waals surface area contributed by atoms with Crippen molar-refractivity contribution in [2.45, 2.75) is 44.4 Å². The van der Waals surface area contributed by atoms with Gasteiger partial charge in [-0.15, -0.1) is 0 Å². The molecular formula is C26H30N4O3S. The molecule has 1 amide bonds. The summed E-state index contributed by atoms with van der Waals surface area (Å²) in [6, 6.07) is 19.3. The van der Waals surface area contributed by atoms with Crippen LogP contribution in [0.25, 0.3) is 5.69 Å². The third-order valence-electron chi connectivity index (χ3n) is 6.85. The molecule has 1 saturated heterocycles. The second-order valence-electron chi connectivity index (χ2n) is 9.11. The van der Waals surface area contributed by atoms with E-state index in [1.807, 2.05) is 65.3 Å². The minimum Gasteiger partial charge on any atom is -0.350 e. The highest BCUT2D eigenvalue weighted by atomic mass is 32.2. The van der Waals surface area contributed by atoms with Crippen LogP contribution in [0, 0.1) is 5.92 Å². The van der Waals surface area contributed by atoms with Crippen molar-refractivity contribution in [2.75, 3.05) is 13.1 Å². The van der Waals surface area contributed by atoms with Crippen molar-refractivity contribution in [1.29, 1.82) is 0 Å². The zero-order valence-electron chi connectivity index (χ0n) is 19.2. The Labute approximate surface area is 200 Å². The van der Waals surface area contributed by atoms with E-state index in [2.05, 4.69) is 5.32 Å². The zero-order valence-corrected chi connectivity index (χ0v) is 20.0. The Morgan fingerprint density at radius 3 is 2.35 bits per heavy atom. The molecule has 0 unspecified atom stereocenters. The highest BCUT2D eigenvalue weighted by molar-refractivity contribution is 7.88. The van der Waals surface area contributed by atoms with Gasteiger partial charge in [0.15, 0.2) is 0 Å². The van der Waals surface area contributed by atoms with Crippen LogP contribution in [0.4, 0.5) is 0 Å². The molecule has 5 rings (SSSR count). The summed E-state index contributed by atoms with van der Waals surface area (Å²) in [6.45, 7) is 1.17. The molecule has 1 aromatic heterocycles. The molecule has 1 aliphatic carbocycles. The summed E-state index contributed by atoms with van der Waals surface area (Å²) in [5.41, 5.74) is 5.26. The van der Waals surface area contributed by atoms with Gasteiger partial charge in [-0.2, -0.15) is 5.10 Å². The number of hydrogen-bond donors (Lipinski definition) is 1. The molecule has 1 N–H and O–H groups in total. The monoisotopic (exact) mass is 478 g/mol. The van der Waals surface area contributed by atoms with Crippen molar-refractivity contribution >= 4 is 15.9 Å². The first kappa shape index (κ1) is 22.8. The van der Waals surface area contributed by atoms with E-state index in [1.165, 1.54) is 15.6 Å². The minimum absolute atomic E-state index is 0.000113. The van der Waals surface area contributed by atoms with Crippen LogP contribution in [0.1, 0.15) is 41.8 Å². The molecule has 0 saturated carbocycles. The summed E-state index contributed by atoms with van der Waals surface area (Å²) in [7, 11) is -3.38. The van der Waals surface area contributed by atoms with E-state index in [0.29, 0.717) is 32.5 Å². The van der Waals surface area contributed by atoms with Gasteiger partial charge in [-0.3, -0.25) is 4.79 Å². The maximum absolute atomic E-state index is 12.9. The molecule has 3 aromatic rings. The van der Waals surface area contributed by atoms with Crippen molar-refractivity contribution < 1.29 is 13.2 Å². The van der Waals surface area contributed by atoms with E-state index in [1.54, 1.807) is 0 Å². The average molecular weight is 479 g/mol. The SMILES string of the molecule is O=C(NCc1nn(-c2ccccc2)c2c1CCC2)C1CCN(S(=O)(=O)Cc2ccccc2)CC1. The molecule has 8 heteroatoms. The zero-order chi connectivity index (χ0) is 23.5. The van der Waals surface area contributed by atoms with Gasteiger partial charge < -0.3 is 5.32 Å². The number of nitrogens with zero attached hydrogens (tertiary/aromatic N) is 3. The quantitative estimate of drug-likeness (QED) is 0.565. The first-order valence-corrected chi connectivity index (χ1v) is 13.6. The number of carbonyl (C=O) groups excluding carboxylic acids is 1. The number of piperidine rings is 1. The van der Waals surface area contributed by atoms with Gasteiger partial charge in [-0.25, -0.2) is 17.4 Å². The van der Waals surface area contributed by atoms with Gasteiger partial charge in [0.05, 0.1) is 23.7 Å². The molecule has 2 aromatic carbocycles. The molecular weight excluding hydrogens is 448 g/mol. The number of rotatable bonds is 7. The Hall–Kier alpha value is -2.97. The predicted octanol–water partition coefficient (Wildman–Crippen LogP) is 3.22.